The lowest BCUT2D eigenvalue weighted by Crippen LogP contribution is -2.34. The molecule has 0 unspecified atom stereocenters. The Morgan fingerprint density at radius 1 is 1.15 bits per heavy atom. The maximum Gasteiger partial charge on any atom is 0.303 e. The lowest BCUT2D eigenvalue weighted by molar-refractivity contribution is -0.137. The lowest BCUT2D eigenvalue weighted by atomic mass is 9.98. The molecule has 0 radical (unpaired) electrons. The van der Waals surface area contributed by atoms with Crippen molar-refractivity contribution in [3.05, 3.63) is 74.8 Å². The van der Waals surface area contributed by atoms with Crippen molar-refractivity contribution in [3.63, 3.8) is 0 Å². The molecular formula is C25H23BrClN3O3. The Hall–Kier alpha value is -2.77. The second-order valence-corrected chi connectivity index (χ2v) is 9.51. The Labute approximate surface area is 205 Å². The van der Waals surface area contributed by atoms with E-state index in [1.807, 2.05) is 49.4 Å². The van der Waals surface area contributed by atoms with Crippen LogP contribution in [0.2, 0.25) is 5.15 Å². The molecule has 6 nitrogen and oxygen atoms in total. The first-order chi connectivity index (χ1) is 15.8. The number of rotatable bonds is 7. The second-order valence-electron chi connectivity index (χ2n) is 8.24. The van der Waals surface area contributed by atoms with Gasteiger partial charge in [0.15, 0.2) is 0 Å². The normalized spacial score (nSPS) is 15.7. The largest absolute Gasteiger partial charge is 0.481 e. The van der Waals surface area contributed by atoms with Gasteiger partial charge in [0.25, 0.3) is 0 Å². The molecule has 0 saturated carbocycles. The van der Waals surface area contributed by atoms with Gasteiger partial charge in [-0.25, -0.2) is 9.99 Å². The van der Waals surface area contributed by atoms with Crippen LogP contribution in [-0.4, -0.2) is 38.7 Å². The van der Waals surface area contributed by atoms with Crippen LogP contribution >= 0.6 is 27.5 Å². The van der Waals surface area contributed by atoms with E-state index in [0.717, 1.165) is 37.8 Å². The van der Waals surface area contributed by atoms with Crippen LogP contribution in [0.4, 0.5) is 0 Å². The van der Waals surface area contributed by atoms with Gasteiger partial charge in [-0.3, -0.25) is 9.59 Å². The van der Waals surface area contributed by atoms with Gasteiger partial charge in [-0.05, 0) is 61.2 Å². The summed E-state index contributed by atoms with van der Waals surface area (Å²) in [6, 6.07) is 15.6. The summed E-state index contributed by atoms with van der Waals surface area (Å²) in [6.45, 7) is 2.03. The zero-order chi connectivity index (χ0) is 23.5. The van der Waals surface area contributed by atoms with E-state index in [9.17, 15) is 9.59 Å². The molecule has 3 aromatic rings. The number of aryl methyl sites for hydroxylation is 1. The van der Waals surface area contributed by atoms with Crippen LogP contribution in [0.1, 0.15) is 42.4 Å². The molecule has 2 heterocycles. The Morgan fingerprint density at radius 2 is 1.91 bits per heavy atom. The third-order valence-electron chi connectivity index (χ3n) is 5.67. The standard InChI is InChI=1S/C25H23BrClN3O3/c1-15-5-10-21-17(11-15)12-18(25(27)28-21)13-20-14-22(16-6-8-19(26)9-7-16)29-30(20)23(31)3-2-4-24(32)33/h5-12,20H,2-4,13-14H2,1H3,(H,32,33)/t20-/m0/s1. The van der Waals surface area contributed by atoms with Gasteiger partial charge < -0.3 is 5.11 Å². The van der Waals surface area contributed by atoms with Gasteiger partial charge in [0.05, 0.1) is 17.3 Å². The summed E-state index contributed by atoms with van der Waals surface area (Å²) in [5, 5.41) is 16.5. The first-order valence-corrected chi connectivity index (χ1v) is 11.9. The average Bonchev–Trinajstić information content (AvgIpc) is 3.18. The van der Waals surface area contributed by atoms with Crippen LogP contribution in [0.25, 0.3) is 10.9 Å². The summed E-state index contributed by atoms with van der Waals surface area (Å²) in [7, 11) is 0. The molecular weight excluding hydrogens is 506 g/mol. The number of aromatic nitrogens is 1. The van der Waals surface area contributed by atoms with Crippen molar-refractivity contribution in [2.24, 2.45) is 5.10 Å². The fourth-order valence-electron chi connectivity index (χ4n) is 4.02. The smallest absolute Gasteiger partial charge is 0.303 e. The number of halogens is 2. The minimum atomic E-state index is -0.913. The Balaban J connectivity index is 1.61. The number of pyridine rings is 1. The molecule has 4 rings (SSSR count). The number of hydrogen-bond donors (Lipinski definition) is 1. The van der Waals surface area contributed by atoms with E-state index in [1.165, 1.54) is 5.01 Å². The number of aliphatic carboxylic acids is 1. The second kappa shape index (κ2) is 10.0. The van der Waals surface area contributed by atoms with Crippen molar-refractivity contribution in [2.75, 3.05) is 0 Å². The molecule has 2 aromatic carbocycles. The molecule has 1 aromatic heterocycles. The van der Waals surface area contributed by atoms with Gasteiger partial charge in [-0.2, -0.15) is 5.10 Å². The Morgan fingerprint density at radius 3 is 2.64 bits per heavy atom. The van der Waals surface area contributed by atoms with Crippen LogP contribution < -0.4 is 0 Å². The number of hydrazone groups is 1. The van der Waals surface area contributed by atoms with E-state index in [-0.39, 0.29) is 31.2 Å². The molecule has 1 aliphatic heterocycles. The van der Waals surface area contributed by atoms with Crippen LogP contribution in [0.3, 0.4) is 0 Å². The van der Waals surface area contributed by atoms with E-state index >= 15 is 0 Å². The first-order valence-electron chi connectivity index (χ1n) is 10.7. The molecule has 1 amide bonds. The maximum absolute atomic E-state index is 13.0. The van der Waals surface area contributed by atoms with E-state index in [2.05, 4.69) is 32.1 Å². The number of carboxylic acid groups (broad SMARTS) is 1. The molecule has 1 N–H and O–H groups in total. The first kappa shape index (κ1) is 23.4. The van der Waals surface area contributed by atoms with Gasteiger partial charge in [0, 0.05) is 29.1 Å². The number of amides is 1. The Bertz CT molecular complexity index is 1240. The van der Waals surface area contributed by atoms with Crippen LogP contribution in [0.5, 0.6) is 0 Å². The number of nitrogens with zero attached hydrogens (tertiary/aromatic N) is 3. The van der Waals surface area contributed by atoms with Crippen LogP contribution in [-0.2, 0) is 16.0 Å². The highest BCUT2D eigenvalue weighted by molar-refractivity contribution is 9.10. The summed E-state index contributed by atoms with van der Waals surface area (Å²) in [5.74, 6) is -1.10. The average molecular weight is 529 g/mol. The Kier molecular flexibility index (Phi) is 7.10. The minimum Gasteiger partial charge on any atom is -0.481 e. The molecule has 0 bridgehead atoms. The van der Waals surface area contributed by atoms with Crippen molar-refractivity contribution in [1.82, 2.24) is 9.99 Å². The quantitative estimate of drug-likeness (QED) is 0.395. The summed E-state index contributed by atoms with van der Waals surface area (Å²) < 4.78 is 0.965. The predicted molar refractivity (Wildman–Crippen MR) is 133 cm³/mol. The van der Waals surface area contributed by atoms with Crippen molar-refractivity contribution in [3.8, 4) is 0 Å². The molecule has 1 aliphatic rings. The van der Waals surface area contributed by atoms with Gasteiger partial charge in [0.2, 0.25) is 5.91 Å². The molecule has 0 fully saturated rings. The summed E-state index contributed by atoms with van der Waals surface area (Å²) in [5.41, 5.74) is 4.58. The monoisotopic (exact) mass is 527 g/mol. The van der Waals surface area contributed by atoms with Gasteiger partial charge in [-0.1, -0.05) is 51.3 Å². The van der Waals surface area contributed by atoms with Crippen molar-refractivity contribution < 1.29 is 14.7 Å². The zero-order valence-corrected chi connectivity index (χ0v) is 20.4. The molecule has 0 spiro atoms. The van der Waals surface area contributed by atoms with Crippen molar-refractivity contribution in [1.29, 1.82) is 0 Å². The molecule has 1 atom stereocenters. The van der Waals surface area contributed by atoms with Gasteiger partial charge in [0.1, 0.15) is 5.15 Å². The molecule has 0 saturated heterocycles. The lowest BCUT2D eigenvalue weighted by Gasteiger charge is -2.22. The van der Waals surface area contributed by atoms with Crippen molar-refractivity contribution >= 4 is 56.0 Å². The number of hydrogen-bond acceptors (Lipinski definition) is 4. The number of carbonyl (C=O) groups excluding carboxylic acids is 1. The molecule has 170 valence electrons. The van der Waals surface area contributed by atoms with E-state index in [4.69, 9.17) is 16.7 Å². The van der Waals surface area contributed by atoms with E-state index in [0.29, 0.717) is 18.0 Å². The molecule has 8 heteroatoms. The third-order valence-corrected chi connectivity index (χ3v) is 6.53. The number of carboxylic acids is 1. The number of fused-ring (bicyclic) bond motifs is 1. The molecule has 33 heavy (non-hydrogen) atoms. The summed E-state index contributed by atoms with van der Waals surface area (Å²) in [6.07, 6.45) is 1.44. The van der Waals surface area contributed by atoms with Crippen LogP contribution in [0, 0.1) is 6.92 Å². The predicted octanol–water partition coefficient (Wildman–Crippen LogP) is 5.76. The fraction of sp³-hybridized carbons (Fsp3) is 0.280. The highest BCUT2D eigenvalue weighted by Gasteiger charge is 2.32. The highest BCUT2D eigenvalue weighted by atomic mass is 79.9. The molecule has 0 aliphatic carbocycles. The third kappa shape index (κ3) is 5.60. The minimum absolute atomic E-state index is 0.0483. The SMILES string of the molecule is Cc1ccc2nc(Cl)c(C[C@H]3CC(c4ccc(Br)cc4)=NN3C(=O)CCCC(=O)O)cc2c1. The number of benzene rings is 2. The topological polar surface area (TPSA) is 82.9 Å². The van der Waals surface area contributed by atoms with Gasteiger partial charge in [-0.15, -0.1) is 0 Å². The van der Waals surface area contributed by atoms with E-state index < -0.39 is 5.97 Å². The fourth-order valence-corrected chi connectivity index (χ4v) is 4.50. The van der Waals surface area contributed by atoms with Crippen LogP contribution in [0.15, 0.2) is 58.1 Å². The summed E-state index contributed by atoms with van der Waals surface area (Å²) in [4.78, 5) is 28.4. The van der Waals surface area contributed by atoms with Crippen molar-refractivity contribution in [2.45, 2.75) is 45.1 Å². The maximum atomic E-state index is 13.0. The summed E-state index contributed by atoms with van der Waals surface area (Å²) >= 11 is 9.96. The van der Waals surface area contributed by atoms with E-state index in [1.54, 1.807) is 0 Å². The highest BCUT2D eigenvalue weighted by Crippen LogP contribution is 2.29. The number of carbonyl (C=O) groups is 2. The zero-order valence-electron chi connectivity index (χ0n) is 18.1. The van der Waals surface area contributed by atoms with Gasteiger partial charge >= 0.3 is 5.97 Å².